The Hall–Kier alpha value is -1.26. The second-order valence-corrected chi connectivity index (χ2v) is 6.53. The number of amides is 2. The molecule has 2 unspecified atom stereocenters. The van der Waals surface area contributed by atoms with Crippen molar-refractivity contribution in [2.75, 3.05) is 13.1 Å². The summed E-state index contributed by atoms with van der Waals surface area (Å²) in [6.45, 7) is 8.52. The zero-order valence-corrected chi connectivity index (χ0v) is 12.3. The fraction of sp³-hybridized carbons (Fsp3) is 0.857. The van der Waals surface area contributed by atoms with Gasteiger partial charge in [0.2, 0.25) is 5.91 Å². The number of hydrogen-bond donors (Lipinski definition) is 0. The summed E-state index contributed by atoms with van der Waals surface area (Å²) in [5.74, 6) is 0.124. The second-order valence-electron chi connectivity index (χ2n) is 6.53. The number of carbonyl (C=O) groups excluding carboxylic acids is 2. The quantitative estimate of drug-likeness (QED) is 0.675. The molecule has 5 nitrogen and oxygen atoms in total. The first-order chi connectivity index (χ1) is 8.78. The Morgan fingerprint density at radius 1 is 1.11 bits per heavy atom. The average Bonchev–Trinajstić information content (AvgIpc) is 2.50. The van der Waals surface area contributed by atoms with Crippen molar-refractivity contribution in [1.29, 1.82) is 0 Å². The second kappa shape index (κ2) is 5.02. The molecule has 0 aromatic heterocycles. The molecule has 0 aromatic rings. The van der Waals surface area contributed by atoms with Gasteiger partial charge in [0.1, 0.15) is 5.60 Å². The van der Waals surface area contributed by atoms with E-state index in [1.807, 2.05) is 25.7 Å². The van der Waals surface area contributed by atoms with Crippen molar-refractivity contribution in [3.05, 3.63) is 0 Å². The SMILES string of the molecule is CC(=O)N1C2CCC1CN(C(=O)OC(C)(C)C)CC2. The van der Waals surface area contributed by atoms with Crippen LogP contribution in [0, 0.1) is 0 Å². The Kier molecular flexibility index (Phi) is 3.74. The number of nitrogens with zero attached hydrogens (tertiary/aromatic N) is 2. The van der Waals surface area contributed by atoms with Crippen LogP contribution >= 0.6 is 0 Å². The molecule has 0 aliphatic carbocycles. The van der Waals surface area contributed by atoms with Crippen molar-refractivity contribution in [2.45, 2.75) is 64.6 Å². The highest BCUT2D eigenvalue weighted by molar-refractivity contribution is 5.75. The predicted octanol–water partition coefficient (Wildman–Crippen LogP) is 2.01. The Labute approximate surface area is 114 Å². The van der Waals surface area contributed by atoms with Gasteiger partial charge in [0, 0.05) is 32.1 Å². The van der Waals surface area contributed by atoms with Gasteiger partial charge < -0.3 is 14.5 Å². The molecule has 2 aliphatic heterocycles. The third-order valence-electron chi connectivity index (χ3n) is 3.80. The van der Waals surface area contributed by atoms with Gasteiger partial charge >= 0.3 is 6.09 Å². The van der Waals surface area contributed by atoms with Crippen molar-refractivity contribution >= 4 is 12.0 Å². The highest BCUT2D eigenvalue weighted by atomic mass is 16.6. The molecule has 0 saturated carbocycles. The van der Waals surface area contributed by atoms with Crippen LogP contribution in [0.25, 0.3) is 0 Å². The van der Waals surface area contributed by atoms with Crippen LogP contribution in [-0.4, -0.2) is 52.6 Å². The lowest BCUT2D eigenvalue weighted by Crippen LogP contribution is -2.44. The molecule has 0 radical (unpaired) electrons. The summed E-state index contributed by atoms with van der Waals surface area (Å²) in [6, 6.07) is 0.465. The molecular weight excluding hydrogens is 244 g/mol. The normalized spacial score (nSPS) is 27.2. The van der Waals surface area contributed by atoms with Crippen LogP contribution in [0.15, 0.2) is 0 Å². The smallest absolute Gasteiger partial charge is 0.410 e. The molecule has 2 aliphatic rings. The van der Waals surface area contributed by atoms with Crippen molar-refractivity contribution < 1.29 is 14.3 Å². The standard InChI is InChI=1S/C14H24N2O3/c1-10(17)16-11-5-6-12(16)9-15(8-7-11)13(18)19-14(2,3)4/h11-12H,5-9H2,1-4H3. The van der Waals surface area contributed by atoms with E-state index in [0.29, 0.717) is 19.1 Å². The van der Waals surface area contributed by atoms with E-state index in [-0.39, 0.29) is 18.0 Å². The summed E-state index contributed by atoms with van der Waals surface area (Å²) in [5.41, 5.74) is -0.470. The highest BCUT2D eigenvalue weighted by Gasteiger charge is 2.40. The minimum atomic E-state index is -0.470. The third-order valence-corrected chi connectivity index (χ3v) is 3.80. The number of hydrogen-bond acceptors (Lipinski definition) is 3. The molecule has 108 valence electrons. The Balaban J connectivity index is 2.04. The summed E-state index contributed by atoms with van der Waals surface area (Å²) >= 11 is 0. The van der Waals surface area contributed by atoms with Gasteiger partial charge in [-0.1, -0.05) is 0 Å². The Bertz CT molecular complexity index is 375. The van der Waals surface area contributed by atoms with Crippen LogP contribution < -0.4 is 0 Å². The molecule has 2 heterocycles. The number of carbonyl (C=O) groups is 2. The van der Waals surface area contributed by atoms with Gasteiger partial charge in [-0.3, -0.25) is 4.79 Å². The monoisotopic (exact) mass is 268 g/mol. The van der Waals surface area contributed by atoms with Crippen LogP contribution in [0.2, 0.25) is 0 Å². The molecule has 5 heteroatoms. The largest absolute Gasteiger partial charge is 0.444 e. The Morgan fingerprint density at radius 2 is 1.74 bits per heavy atom. The lowest BCUT2D eigenvalue weighted by atomic mass is 10.1. The van der Waals surface area contributed by atoms with E-state index in [2.05, 4.69) is 0 Å². The topological polar surface area (TPSA) is 49.9 Å². The van der Waals surface area contributed by atoms with E-state index in [1.165, 1.54) is 0 Å². The van der Waals surface area contributed by atoms with Crippen LogP contribution in [0.1, 0.15) is 47.0 Å². The summed E-state index contributed by atoms with van der Waals surface area (Å²) in [4.78, 5) is 27.5. The van der Waals surface area contributed by atoms with Gasteiger partial charge in [0.25, 0.3) is 0 Å². The van der Waals surface area contributed by atoms with E-state index in [4.69, 9.17) is 4.74 Å². The minimum absolute atomic E-state index is 0.124. The van der Waals surface area contributed by atoms with E-state index in [9.17, 15) is 9.59 Å². The predicted molar refractivity (Wildman–Crippen MR) is 71.8 cm³/mol. The fourth-order valence-corrected chi connectivity index (χ4v) is 3.08. The van der Waals surface area contributed by atoms with E-state index in [0.717, 1.165) is 19.3 Å². The maximum Gasteiger partial charge on any atom is 0.410 e. The summed E-state index contributed by atoms with van der Waals surface area (Å²) in [7, 11) is 0. The Morgan fingerprint density at radius 3 is 2.32 bits per heavy atom. The van der Waals surface area contributed by atoms with Crippen LogP contribution in [0.5, 0.6) is 0 Å². The lowest BCUT2D eigenvalue weighted by molar-refractivity contribution is -0.131. The molecule has 2 rings (SSSR count). The van der Waals surface area contributed by atoms with E-state index >= 15 is 0 Å². The first kappa shape index (κ1) is 14.2. The summed E-state index contributed by atoms with van der Waals surface area (Å²) < 4.78 is 5.42. The molecular formula is C14H24N2O3. The molecule has 0 aromatic carbocycles. The number of fused-ring (bicyclic) bond motifs is 2. The first-order valence-corrected chi connectivity index (χ1v) is 7.05. The van der Waals surface area contributed by atoms with Crippen LogP contribution in [0.3, 0.4) is 0 Å². The van der Waals surface area contributed by atoms with Crippen molar-refractivity contribution in [3.8, 4) is 0 Å². The van der Waals surface area contributed by atoms with Crippen LogP contribution in [-0.2, 0) is 9.53 Å². The number of likely N-dealkylation sites (tertiary alicyclic amines) is 1. The number of ether oxygens (including phenoxy) is 1. The van der Waals surface area contributed by atoms with Gasteiger partial charge in [-0.15, -0.1) is 0 Å². The molecule has 2 atom stereocenters. The van der Waals surface area contributed by atoms with Gasteiger partial charge in [0.15, 0.2) is 0 Å². The van der Waals surface area contributed by atoms with Crippen molar-refractivity contribution in [1.82, 2.24) is 9.80 Å². The van der Waals surface area contributed by atoms with Crippen molar-refractivity contribution in [3.63, 3.8) is 0 Å². The average molecular weight is 268 g/mol. The van der Waals surface area contributed by atoms with E-state index < -0.39 is 5.60 Å². The number of rotatable bonds is 0. The maximum atomic E-state index is 12.1. The van der Waals surface area contributed by atoms with Crippen molar-refractivity contribution in [2.24, 2.45) is 0 Å². The van der Waals surface area contributed by atoms with E-state index in [1.54, 1.807) is 11.8 Å². The zero-order chi connectivity index (χ0) is 14.2. The molecule has 2 bridgehead atoms. The van der Waals surface area contributed by atoms with Crippen LogP contribution in [0.4, 0.5) is 4.79 Å². The molecule has 2 saturated heterocycles. The van der Waals surface area contributed by atoms with Gasteiger partial charge in [-0.2, -0.15) is 0 Å². The molecule has 2 amide bonds. The highest BCUT2D eigenvalue weighted by Crippen LogP contribution is 2.30. The van der Waals surface area contributed by atoms with Gasteiger partial charge in [-0.25, -0.2) is 4.79 Å². The van der Waals surface area contributed by atoms with Gasteiger partial charge in [0.05, 0.1) is 0 Å². The zero-order valence-electron chi connectivity index (χ0n) is 12.3. The summed E-state index contributed by atoms with van der Waals surface area (Å²) in [6.07, 6.45) is 2.65. The molecule has 19 heavy (non-hydrogen) atoms. The summed E-state index contributed by atoms with van der Waals surface area (Å²) in [5, 5.41) is 0. The third kappa shape index (κ3) is 3.19. The van der Waals surface area contributed by atoms with Gasteiger partial charge in [-0.05, 0) is 40.0 Å². The molecule has 2 fully saturated rings. The maximum absolute atomic E-state index is 12.1. The first-order valence-electron chi connectivity index (χ1n) is 7.05. The molecule has 0 N–H and O–H groups in total. The fourth-order valence-electron chi connectivity index (χ4n) is 3.08. The minimum Gasteiger partial charge on any atom is -0.444 e. The lowest BCUT2D eigenvalue weighted by Gasteiger charge is -2.29. The molecule has 0 spiro atoms.